The number of carbonyl (C=O) groups is 1. The highest BCUT2D eigenvalue weighted by Crippen LogP contribution is 2.29. The largest absolute Gasteiger partial charge is 0.497 e. The van der Waals surface area contributed by atoms with Gasteiger partial charge in [0, 0.05) is 32.7 Å². The third-order valence-corrected chi connectivity index (χ3v) is 11.0. The summed E-state index contributed by atoms with van der Waals surface area (Å²) in [6, 6.07) is 8.58. The van der Waals surface area contributed by atoms with Gasteiger partial charge in [-0.1, -0.05) is 6.07 Å². The fraction of sp³-hybridized carbons (Fsp3) is 0.450. The zero-order valence-electron chi connectivity index (χ0n) is 17.6. The smallest absolute Gasteiger partial charge is 0.252 e. The first-order valence-electron chi connectivity index (χ1n) is 10.2. The van der Waals surface area contributed by atoms with Crippen LogP contribution in [0.2, 0.25) is 0 Å². The lowest BCUT2D eigenvalue weighted by Crippen LogP contribution is -2.55. The number of ether oxygens (including phenoxy) is 1. The maximum Gasteiger partial charge on any atom is 0.252 e. The third kappa shape index (κ3) is 4.29. The molecule has 0 saturated carbocycles. The van der Waals surface area contributed by atoms with Crippen molar-refractivity contribution in [1.82, 2.24) is 13.5 Å². The molecule has 1 aromatic heterocycles. The highest BCUT2D eigenvalue weighted by Gasteiger charge is 2.42. The summed E-state index contributed by atoms with van der Waals surface area (Å²) in [6.07, 6.45) is 1.04. The lowest BCUT2D eigenvalue weighted by Gasteiger charge is -2.36. The van der Waals surface area contributed by atoms with Gasteiger partial charge in [-0.3, -0.25) is 4.79 Å². The number of amides is 1. The molecule has 1 aromatic carbocycles. The summed E-state index contributed by atoms with van der Waals surface area (Å²) >= 11 is 1.16. The van der Waals surface area contributed by atoms with Crippen LogP contribution in [0.25, 0.3) is 0 Å². The zero-order valence-corrected chi connectivity index (χ0v) is 20.0. The predicted molar refractivity (Wildman–Crippen MR) is 120 cm³/mol. The fourth-order valence-electron chi connectivity index (χ4n) is 4.05. The average molecular weight is 500 g/mol. The van der Waals surface area contributed by atoms with Crippen molar-refractivity contribution >= 4 is 37.3 Å². The van der Waals surface area contributed by atoms with Crippen LogP contribution in [-0.4, -0.2) is 82.1 Å². The molecule has 9 nitrogen and oxygen atoms in total. The molecule has 1 unspecified atom stereocenters. The van der Waals surface area contributed by atoms with Crippen LogP contribution in [0.3, 0.4) is 0 Å². The Morgan fingerprint density at radius 1 is 0.969 bits per heavy atom. The van der Waals surface area contributed by atoms with E-state index in [1.807, 2.05) is 0 Å². The van der Waals surface area contributed by atoms with E-state index in [0.29, 0.717) is 18.6 Å². The topological polar surface area (TPSA) is 104 Å². The van der Waals surface area contributed by atoms with E-state index in [1.54, 1.807) is 34.5 Å². The van der Waals surface area contributed by atoms with Gasteiger partial charge in [0.25, 0.3) is 10.0 Å². The molecule has 12 heteroatoms. The number of rotatable bonds is 6. The van der Waals surface area contributed by atoms with Crippen molar-refractivity contribution in [1.29, 1.82) is 0 Å². The van der Waals surface area contributed by atoms with Gasteiger partial charge in [-0.25, -0.2) is 16.8 Å². The van der Waals surface area contributed by atoms with Gasteiger partial charge in [0.2, 0.25) is 15.9 Å². The van der Waals surface area contributed by atoms with E-state index in [4.69, 9.17) is 4.74 Å². The van der Waals surface area contributed by atoms with Crippen LogP contribution in [0.5, 0.6) is 5.75 Å². The molecule has 32 heavy (non-hydrogen) atoms. The van der Waals surface area contributed by atoms with Gasteiger partial charge in [0.05, 0.1) is 12.0 Å². The number of thiophene rings is 1. The molecule has 174 valence electrons. The lowest BCUT2D eigenvalue weighted by atomic mass is 10.2. The second kappa shape index (κ2) is 9.10. The van der Waals surface area contributed by atoms with Crippen molar-refractivity contribution < 1.29 is 26.4 Å². The number of nitrogens with zero attached hydrogens (tertiary/aromatic N) is 3. The standard InChI is InChI=1S/C20H25N3O6S3/c1-29-16-6-8-17(9-7-16)31(25,26)23-10-2-4-18(23)20(24)21-11-13-22(14-12-21)32(27,28)19-5-3-15-30-19/h3,5-9,15,18H,2,4,10-14H2,1H3. The third-order valence-electron chi connectivity index (χ3n) is 5.79. The number of hydrogen-bond acceptors (Lipinski definition) is 7. The van der Waals surface area contributed by atoms with Crippen molar-refractivity contribution in [3.8, 4) is 5.75 Å². The Balaban J connectivity index is 1.45. The molecule has 2 aromatic rings. The highest BCUT2D eigenvalue weighted by molar-refractivity contribution is 7.91. The first kappa shape index (κ1) is 23.2. The van der Waals surface area contributed by atoms with Gasteiger partial charge in [-0.15, -0.1) is 11.3 Å². The number of carbonyl (C=O) groups excluding carboxylic acids is 1. The summed E-state index contributed by atoms with van der Waals surface area (Å²) in [5, 5.41) is 1.71. The molecule has 1 amide bonds. The normalized spacial score (nSPS) is 21.0. The zero-order chi connectivity index (χ0) is 22.9. The predicted octanol–water partition coefficient (Wildman–Crippen LogP) is 1.44. The van der Waals surface area contributed by atoms with Crippen LogP contribution < -0.4 is 4.74 Å². The summed E-state index contributed by atoms with van der Waals surface area (Å²) in [4.78, 5) is 14.9. The fourth-order valence-corrected chi connectivity index (χ4v) is 8.27. The van der Waals surface area contributed by atoms with Crippen LogP contribution >= 0.6 is 11.3 Å². The van der Waals surface area contributed by atoms with E-state index in [2.05, 4.69) is 0 Å². The second-order valence-corrected chi connectivity index (χ2v) is 12.6. The number of benzene rings is 1. The molecular weight excluding hydrogens is 474 g/mol. The van der Waals surface area contributed by atoms with E-state index in [-0.39, 0.29) is 47.7 Å². The van der Waals surface area contributed by atoms with Gasteiger partial charge >= 0.3 is 0 Å². The molecule has 0 bridgehead atoms. The monoisotopic (exact) mass is 499 g/mol. The van der Waals surface area contributed by atoms with Gasteiger partial charge in [0.1, 0.15) is 16.0 Å². The number of methoxy groups -OCH3 is 1. The first-order chi connectivity index (χ1) is 15.2. The van der Waals surface area contributed by atoms with E-state index in [1.165, 1.54) is 27.9 Å². The van der Waals surface area contributed by atoms with Crippen LogP contribution in [0.4, 0.5) is 0 Å². The molecule has 2 saturated heterocycles. The molecule has 2 aliphatic rings. The summed E-state index contributed by atoms with van der Waals surface area (Å²) in [5.41, 5.74) is 0. The van der Waals surface area contributed by atoms with Gasteiger partial charge in [-0.05, 0) is 48.6 Å². The number of hydrogen-bond donors (Lipinski definition) is 0. The Morgan fingerprint density at radius 3 is 2.25 bits per heavy atom. The lowest BCUT2D eigenvalue weighted by molar-refractivity contribution is -0.135. The molecule has 0 spiro atoms. The molecular formula is C20H25N3O6S3. The second-order valence-electron chi connectivity index (χ2n) is 7.61. The van der Waals surface area contributed by atoms with Crippen LogP contribution in [0.1, 0.15) is 12.8 Å². The van der Waals surface area contributed by atoms with Crippen molar-refractivity contribution in [2.75, 3.05) is 39.8 Å². The molecule has 0 N–H and O–H groups in total. The molecule has 0 aliphatic carbocycles. The van der Waals surface area contributed by atoms with E-state index in [0.717, 1.165) is 11.3 Å². The maximum absolute atomic E-state index is 13.2. The minimum Gasteiger partial charge on any atom is -0.497 e. The van der Waals surface area contributed by atoms with Crippen LogP contribution in [0, 0.1) is 0 Å². The summed E-state index contributed by atoms with van der Waals surface area (Å²) in [6.45, 7) is 1.11. The van der Waals surface area contributed by atoms with Crippen molar-refractivity contribution in [3.05, 3.63) is 41.8 Å². The molecule has 3 heterocycles. The average Bonchev–Trinajstić information content (AvgIpc) is 3.52. The molecule has 1 atom stereocenters. The number of sulfonamides is 2. The molecule has 4 rings (SSSR count). The van der Waals surface area contributed by atoms with E-state index < -0.39 is 26.1 Å². The van der Waals surface area contributed by atoms with Crippen molar-refractivity contribution in [3.63, 3.8) is 0 Å². The Hall–Kier alpha value is -1.99. The first-order valence-corrected chi connectivity index (χ1v) is 14.0. The van der Waals surface area contributed by atoms with Crippen molar-refractivity contribution in [2.24, 2.45) is 0 Å². The highest BCUT2D eigenvalue weighted by atomic mass is 32.2. The quantitative estimate of drug-likeness (QED) is 0.596. The van der Waals surface area contributed by atoms with Gasteiger partial charge in [0.15, 0.2) is 0 Å². The van der Waals surface area contributed by atoms with Gasteiger partial charge in [-0.2, -0.15) is 8.61 Å². The summed E-state index contributed by atoms with van der Waals surface area (Å²) < 4.78 is 59.8. The Morgan fingerprint density at radius 2 is 1.66 bits per heavy atom. The van der Waals surface area contributed by atoms with Crippen molar-refractivity contribution in [2.45, 2.75) is 28.0 Å². The molecule has 2 fully saturated rings. The Kier molecular flexibility index (Phi) is 6.59. The maximum atomic E-state index is 13.2. The summed E-state index contributed by atoms with van der Waals surface area (Å²) in [7, 11) is -5.90. The SMILES string of the molecule is COc1ccc(S(=O)(=O)N2CCCC2C(=O)N2CCN(S(=O)(=O)c3cccs3)CC2)cc1. The molecule has 2 aliphatic heterocycles. The minimum absolute atomic E-state index is 0.116. The number of piperazine rings is 1. The van der Waals surface area contributed by atoms with Crippen LogP contribution in [0.15, 0.2) is 50.9 Å². The van der Waals surface area contributed by atoms with E-state index >= 15 is 0 Å². The Bertz CT molecular complexity index is 1160. The summed E-state index contributed by atoms with van der Waals surface area (Å²) in [5.74, 6) is 0.279. The van der Waals surface area contributed by atoms with Crippen LogP contribution in [-0.2, 0) is 24.8 Å². The molecule has 0 radical (unpaired) electrons. The van der Waals surface area contributed by atoms with E-state index in [9.17, 15) is 21.6 Å². The van der Waals surface area contributed by atoms with Gasteiger partial charge < -0.3 is 9.64 Å². The Labute approximate surface area is 192 Å². The minimum atomic E-state index is -3.83.